The first-order valence-corrected chi connectivity index (χ1v) is 26.5. The number of hydrogen-bond donors (Lipinski definition) is 0. The molecular weight excluding hydrogens is 765 g/mol. The molecule has 0 bridgehead atoms. The molecule has 0 aliphatic heterocycles. The molecule has 0 saturated carbocycles. The summed E-state index contributed by atoms with van der Waals surface area (Å²) in [5.74, 6) is -0.425. The van der Waals surface area contributed by atoms with Crippen molar-refractivity contribution in [1.82, 2.24) is 0 Å². The highest BCUT2D eigenvalue weighted by Crippen LogP contribution is 2.15. The molecular formula is C57H100O5. The van der Waals surface area contributed by atoms with Gasteiger partial charge >= 0.3 is 11.9 Å². The zero-order valence-electron chi connectivity index (χ0n) is 41.1. The zero-order valence-corrected chi connectivity index (χ0v) is 41.1. The topological polar surface area (TPSA) is 61.8 Å². The van der Waals surface area contributed by atoms with Gasteiger partial charge in [-0.05, 0) is 89.9 Å². The van der Waals surface area contributed by atoms with E-state index >= 15 is 0 Å². The third-order valence-electron chi connectivity index (χ3n) is 11.2. The quantitative estimate of drug-likeness (QED) is 0.0346. The monoisotopic (exact) mass is 865 g/mol. The molecule has 1 unspecified atom stereocenters. The third-order valence-corrected chi connectivity index (χ3v) is 11.2. The Morgan fingerprint density at radius 2 is 0.726 bits per heavy atom. The average molecular weight is 865 g/mol. The molecule has 0 aliphatic carbocycles. The Labute approximate surface area is 385 Å². The van der Waals surface area contributed by atoms with Crippen LogP contribution in [0, 0.1) is 0 Å². The number of esters is 2. The Balaban J connectivity index is 4.35. The maximum atomic E-state index is 12.8. The van der Waals surface area contributed by atoms with Gasteiger partial charge in [-0.1, -0.05) is 222 Å². The first-order valence-electron chi connectivity index (χ1n) is 26.5. The van der Waals surface area contributed by atoms with Crippen LogP contribution in [0.1, 0.15) is 252 Å². The lowest BCUT2D eigenvalue weighted by Crippen LogP contribution is -2.30. The van der Waals surface area contributed by atoms with Gasteiger partial charge in [-0.3, -0.25) is 9.59 Å². The van der Waals surface area contributed by atoms with Crippen LogP contribution in [0.4, 0.5) is 0 Å². The molecule has 0 aliphatic rings. The van der Waals surface area contributed by atoms with Gasteiger partial charge in [0.2, 0.25) is 0 Å². The van der Waals surface area contributed by atoms with Crippen LogP contribution < -0.4 is 0 Å². The first kappa shape index (κ1) is 59.3. The average Bonchev–Trinajstić information content (AvgIpc) is 3.27. The molecule has 5 heteroatoms. The normalized spacial score (nSPS) is 12.8. The largest absolute Gasteiger partial charge is 0.462 e. The molecule has 0 N–H and O–H groups in total. The van der Waals surface area contributed by atoms with Gasteiger partial charge < -0.3 is 14.2 Å². The van der Waals surface area contributed by atoms with Crippen molar-refractivity contribution in [2.45, 2.75) is 258 Å². The molecule has 0 amide bonds. The zero-order chi connectivity index (χ0) is 44.9. The fraction of sp³-hybridized carbons (Fsp3) is 0.754. The molecule has 0 aromatic heterocycles. The Hall–Kier alpha value is -2.66. The van der Waals surface area contributed by atoms with E-state index in [1.807, 2.05) is 0 Å². The molecule has 0 radical (unpaired) electrons. The summed E-state index contributed by atoms with van der Waals surface area (Å²) in [5.41, 5.74) is 0. The van der Waals surface area contributed by atoms with Gasteiger partial charge in [0.15, 0.2) is 6.10 Å². The Morgan fingerprint density at radius 1 is 0.371 bits per heavy atom. The Bertz CT molecular complexity index is 1110. The molecule has 62 heavy (non-hydrogen) atoms. The smallest absolute Gasteiger partial charge is 0.306 e. The highest BCUT2D eigenvalue weighted by atomic mass is 16.6. The predicted molar refractivity (Wildman–Crippen MR) is 270 cm³/mol. The molecule has 5 nitrogen and oxygen atoms in total. The van der Waals surface area contributed by atoms with Crippen LogP contribution in [-0.2, 0) is 23.8 Å². The van der Waals surface area contributed by atoms with Crippen LogP contribution in [0.15, 0.2) is 72.9 Å². The van der Waals surface area contributed by atoms with E-state index < -0.39 is 6.10 Å². The molecule has 1 atom stereocenters. The second-order valence-electron chi connectivity index (χ2n) is 17.4. The van der Waals surface area contributed by atoms with Gasteiger partial charge in [0.1, 0.15) is 6.61 Å². The molecule has 0 saturated heterocycles. The summed E-state index contributed by atoms with van der Waals surface area (Å²) in [4.78, 5) is 25.4. The third kappa shape index (κ3) is 50.0. The minimum atomic E-state index is -0.562. The maximum absolute atomic E-state index is 12.8. The van der Waals surface area contributed by atoms with Crippen molar-refractivity contribution in [2.24, 2.45) is 0 Å². The van der Waals surface area contributed by atoms with Crippen LogP contribution >= 0.6 is 0 Å². The highest BCUT2D eigenvalue weighted by Gasteiger charge is 2.17. The number of hydrogen-bond acceptors (Lipinski definition) is 5. The van der Waals surface area contributed by atoms with E-state index in [4.69, 9.17) is 14.2 Å². The van der Waals surface area contributed by atoms with Gasteiger partial charge in [0, 0.05) is 19.4 Å². The Morgan fingerprint density at radius 3 is 1.18 bits per heavy atom. The van der Waals surface area contributed by atoms with Crippen molar-refractivity contribution in [2.75, 3.05) is 19.8 Å². The predicted octanol–water partition coefficient (Wildman–Crippen LogP) is 17.9. The van der Waals surface area contributed by atoms with Gasteiger partial charge in [-0.2, -0.15) is 0 Å². The fourth-order valence-electron chi connectivity index (χ4n) is 7.30. The second kappa shape index (κ2) is 52.7. The molecule has 0 aromatic rings. The number of rotatable bonds is 48. The van der Waals surface area contributed by atoms with Gasteiger partial charge in [0.05, 0.1) is 6.61 Å². The van der Waals surface area contributed by atoms with Crippen molar-refractivity contribution in [3.05, 3.63) is 72.9 Å². The van der Waals surface area contributed by atoms with E-state index in [0.29, 0.717) is 19.4 Å². The summed E-state index contributed by atoms with van der Waals surface area (Å²) in [6.07, 6.45) is 67.7. The van der Waals surface area contributed by atoms with Gasteiger partial charge in [-0.15, -0.1) is 0 Å². The summed E-state index contributed by atoms with van der Waals surface area (Å²) in [6, 6.07) is 0. The SMILES string of the molecule is CC/C=C\C/C=C\C/C=C\C/C=C\C/C=C\CCCCOCC(COC(=O)CCCCCCC/C=C\CCCCCCCC)OC(=O)CCCCCCCCCCCCCCC. The molecule has 0 aromatic carbocycles. The molecule has 0 heterocycles. The van der Waals surface area contributed by atoms with Crippen molar-refractivity contribution >= 4 is 11.9 Å². The molecule has 0 spiro atoms. The van der Waals surface area contributed by atoms with Crippen LogP contribution in [0.5, 0.6) is 0 Å². The number of carbonyl (C=O) groups is 2. The van der Waals surface area contributed by atoms with Crippen LogP contribution in [0.3, 0.4) is 0 Å². The van der Waals surface area contributed by atoms with E-state index in [1.54, 1.807) is 0 Å². The summed E-state index contributed by atoms with van der Waals surface area (Å²) in [7, 11) is 0. The number of unbranched alkanes of at least 4 members (excludes halogenated alkanes) is 25. The summed E-state index contributed by atoms with van der Waals surface area (Å²) in [5, 5.41) is 0. The van der Waals surface area contributed by atoms with E-state index in [-0.39, 0.29) is 25.2 Å². The number of carbonyl (C=O) groups excluding carboxylic acids is 2. The fourth-order valence-corrected chi connectivity index (χ4v) is 7.30. The van der Waals surface area contributed by atoms with Crippen molar-refractivity contribution < 1.29 is 23.8 Å². The number of allylic oxidation sites excluding steroid dienone is 12. The van der Waals surface area contributed by atoms with E-state index in [0.717, 1.165) is 89.9 Å². The molecule has 0 fully saturated rings. The van der Waals surface area contributed by atoms with E-state index in [9.17, 15) is 9.59 Å². The van der Waals surface area contributed by atoms with E-state index in [2.05, 4.69) is 93.7 Å². The summed E-state index contributed by atoms with van der Waals surface area (Å²) < 4.78 is 17.4. The number of ether oxygens (including phenoxy) is 3. The first-order chi connectivity index (χ1) is 30.6. The van der Waals surface area contributed by atoms with Crippen molar-refractivity contribution in [1.29, 1.82) is 0 Å². The van der Waals surface area contributed by atoms with Crippen LogP contribution in [0.25, 0.3) is 0 Å². The minimum absolute atomic E-state index is 0.0638. The standard InChI is InChI=1S/C57H100O5/c1-4-7-10-13-16-19-22-25-27-28-29-31-34-37-40-43-46-49-52-60-53-55(62-57(59)51-48-45-42-39-36-32-24-21-18-15-12-9-6-3)54-61-56(58)50-47-44-41-38-35-33-30-26-23-20-17-14-11-8-5-2/h7,10,16,19,25-27,29-31,37,40,55H,4-6,8-9,11-15,17-18,20-24,28,32-36,38-39,41-54H2,1-3H3/b10-7-,19-16-,27-25-,30-26-,31-29-,40-37-. The van der Waals surface area contributed by atoms with Gasteiger partial charge in [-0.25, -0.2) is 0 Å². The lowest BCUT2D eigenvalue weighted by molar-refractivity contribution is -0.163. The maximum Gasteiger partial charge on any atom is 0.306 e. The summed E-state index contributed by atoms with van der Waals surface area (Å²) >= 11 is 0. The lowest BCUT2D eigenvalue weighted by atomic mass is 10.0. The van der Waals surface area contributed by atoms with Crippen LogP contribution in [-0.4, -0.2) is 37.9 Å². The highest BCUT2D eigenvalue weighted by molar-refractivity contribution is 5.70. The minimum Gasteiger partial charge on any atom is -0.462 e. The van der Waals surface area contributed by atoms with Crippen molar-refractivity contribution in [3.63, 3.8) is 0 Å². The second-order valence-corrected chi connectivity index (χ2v) is 17.4. The molecule has 0 rings (SSSR count). The van der Waals surface area contributed by atoms with Crippen LogP contribution in [0.2, 0.25) is 0 Å². The Kier molecular flexibility index (Phi) is 50.4. The lowest BCUT2D eigenvalue weighted by Gasteiger charge is -2.18. The molecule has 358 valence electrons. The summed E-state index contributed by atoms with van der Waals surface area (Å²) in [6.45, 7) is 7.62. The van der Waals surface area contributed by atoms with Crippen molar-refractivity contribution in [3.8, 4) is 0 Å². The van der Waals surface area contributed by atoms with E-state index in [1.165, 1.54) is 128 Å². The van der Waals surface area contributed by atoms with Gasteiger partial charge in [0.25, 0.3) is 0 Å².